The Morgan fingerprint density at radius 2 is 2.03 bits per heavy atom. The van der Waals surface area contributed by atoms with E-state index in [0.29, 0.717) is 12.8 Å². The molecule has 11 heteroatoms. The van der Waals surface area contributed by atoms with Crippen molar-refractivity contribution in [1.82, 2.24) is 4.98 Å². The molecule has 3 rings (SSSR count). The molecular formula is C18H15Cl2F2N3O4. The third-order valence-corrected chi connectivity index (χ3v) is 4.60. The summed E-state index contributed by atoms with van der Waals surface area (Å²) < 4.78 is 35.6. The Balaban J connectivity index is 2.01. The topological polar surface area (TPSA) is 89.6 Å². The fourth-order valence-corrected chi connectivity index (χ4v) is 3.21. The SMILES string of the molecule is CCCC1Oc2c(OC(F)F)ccc(C(=O)Nc3c(Cl)cncc3Cl)c2NC1=O. The van der Waals surface area contributed by atoms with Gasteiger partial charge in [0.05, 0.1) is 21.3 Å². The number of anilines is 2. The molecule has 1 aliphatic heterocycles. The number of benzene rings is 1. The summed E-state index contributed by atoms with van der Waals surface area (Å²) in [6.45, 7) is -1.27. The Kier molecular flexibility index (Phi) is 6.39. The minimum absolute atomic E-state index is 0.0474. The number of carbonyl (C=O) groups is 2. The van der Waals surface area contributed by atoms with E-state index in [1.165, 1.54) is 18.5 Å². The lowest BCUT2D eigenvalue weighted by atomic mass is 10.1. The number of amides is 2. The van der Waals surface area contributed by atoms with Crippen molar-refractivity contribution >= 4 is 46.4 Å². The predicted octanol–water partition coefficient (Wildman–Crippen LogP) is 4.74. The average Bonchev–Trinajstić information content (AvgIpc) is 2.65. The van der Waals surface area contributed by atoms with E-state index >= 15 is 0 Å². The summed E-state index contributed by atoms with van der Waals surface area (Å²) in [7, 11) is 0. The van der Waals surface area contributed by atoms with Crippen molar-refractivity contribution in [2.24, 2.45) is 0 Å². The van der Waals surface area contributed by atoms with Gasteiger partial charge in [-0.05, 0) is 18.6 Å². The zero-order chi connectivity index (χ0) is 21.1. The number of rotatable bonds is 6. The van der Waals surface area contributed by atoms with Crippen LogP contribution in [-0.2, 0) is 4.79 Å². The molecule has 2 N–H and O–H groups in total. The highest BCUT2D eigenvalue weighted by molar-refractivity contribution is 6.39. The molecule has 1 aromatic carbocycles. The molecule has 2 heterocycles. The lowest BCUT2D eigenvalue weighted by Gasteiger charge is -2.28. The van der Waals surface area contributed by atoms with E-state index in [1.807, 2.05) is 6.92 Å². The van der Waals surface area contributed by atoms with Gasteiger partial charge in [0.25, 0.3) is 11.8 Å². The predicted molar refractivity (Wildman–Crippen MR) is 103 cm³/mol. The second-order valence-corrected chi connectivity index (χ2v) is 6.82. The summed E-state index contributed by atoms with van der Waals surface area (Å²) in [4.78, 5) is 28.9. The molecule has 0 bridgehead atoms. The summed E-state index contributed by atoms with van der Waals surface area (Å²) in [6, 6.07) is 2.38. The molecule has 7 nitrogen and oxygen atoms in total. The summed E-state index contributed by atoms with van der Waals surface area (Å²) in [5.41, 5.74) is -0.0185. The van der Waals surface area contributed by atoms with Gasteiger partial charge in [-0.25, -0.2) is 0 Å². The molecule has 1 aliphatic rings. The summed E-state index contributed by atoms with van der Waals surface area (Å²) in [5.74, 6) is -1.64. The van der Waals surface area contributed by atoms with Crippen molar-refractivity contribution in [2.75, 3.05) is 10.6 Å². The molecular weight excluding hydrogens is 431 g/mol. The van der Waals surface area contributed by atoms with Gasteiger partial charge in [-0.3, -0.25) is 14.6 Å². The Labute approximate surface area is 174 Å². The normalized spacial score (nSPS) is 15.4. The van der Waals surface area contributed by atoms with Gasteiger partial charge in [0, 0.05) is 12.4 Å². The standard InChI is InChI=1S/C18H15Cl2F2N3O4/c1-2-3-12-17(27)24-13-8(4-5-11(15(13)28-12)29-18(21)22)16(26)25-14-9(19)6-23-7-10(14)20/h4-7,12,18H,2-3H2,1H3,(H,24,27)(H,23,25,26). The van der Waals surface area contributed by atoms with Crippen LogP contribution in [0, 0.1) is 0 Å². The smallest absolute Gasteiger partial charge is 0.387 e. The average molecular weight is 446 g/mol. The van der Waals surface area contributed by atoms with E-state index < -0.39 is 24.5 Å². The fourth-order valence-electron chi connectivity index (χ4n) is 2.75. The number of hydrogen-bond donors (Lipinski definition) is 2. The number of halogens is 4. The number of nitrogens with zero attached hydrogens (tertiary/aromatic N) is 1. The van der Waals surface area contributed by atoms with Crippen LogP contribution >= 0.6 is 23.2 Å². The van der Waals surface area contributed by atoms with Gasteiger partial charge in [0.2, 0.25) is 0 Å². The number of aromatic nitrogens is 1. The van der Waals surface area contributed by atoms with Crippen molar-refractivity contribution in [3.63, 3.8) is 0 Å². The first-order chi connectivity index (χ1) is 13.8. The van der Waals surface area contributed by atoms with E-state index in [9.17, 15) is 18.4 Å². The fraction of sp³-hybridized carbons (Fsp3) is 0.278. The molecule has 0 aliphatic carbocycles. The molecule has 2 amide bonds. The van der Waals surface area contributed by atoms with Crippen molar-refractivity contribution in [3.8, 4) is 11.5 Å². The lowest BCUT2D eigenvalue weighted by molar-refractivity contribution is -0.124. The highest BCUT2D eigenvalue weighted by Crippen LogP contribution is 2.43. The maximum absolute atomic E-state index is 12.8. The van der Waals surface area contributed by atoms with Crippen LogP contribution < -0.4 is 20.1 Å². The van der Waals surface area contributed by atoms with Gasteiger partial charge in [-0.1, -0.05) is 36.5 Å². The van der Waals surface area contributed by atoms with Crippen LogP contribution in [-0.4, -0.2) is 29.5 Å². The second-order valence-electron chi connectivity index (χ2n) is 6.01. The van der Waals surface area contributed by atoms with Crippen molar-refractivity contribution in [1.29, 1.82) is 0 Å². The van der Waals surface area contributed by atoms with Gasteiger partial charge in [0.15, 0.2) is 17.6 Å². The molecule has 1 atom stereocenters. The Hall–Kier alpha value is -2.65. The van der Waals surface area contributed by atoms with E-state index in [2.05, 4.69) is 20.4 Å². The summed E-state index contributed by atoms with van der Waals surface area (Å²) in [5, 5.41) is 5.26. The molecule has 154 valence electrons. The lowest BCUT2D eigenvalue weighted by Crippen LogP contribution is -2.38. The van der Waals surface area contributed by atoms with E-state index in [1.54, 1.807) is 0 Å². The van der Waals surface area contributed by atoms with Crippen molar-refractivity contribution in [2.45, 2.75) is 32.5 Å². The molecule has 2 aromatic rings. The Morgan fingerprint density at radius 3 is 2.66 bits per heavy atom. The van der Waals surface area contributed by atoms with Crippen LogP contribution in [0.2, 0.25) is 10.0 Å². The minimum Gasteiger partial charge on any atom is -0.474 e. The second kappa shape index (κ2) is 8.79. The minimum atomic E-state index is -3.11. The quantitative estimate of drug-likeness (QED) is 0.669. The maximum Gasteiger partial charge on any atom is 0.387 e. The molecule has 1 unspecified atom stereocenters. The van der Waals surface area contributed by atoms with Crippen LogP contribution in [0.25, 0.3) is 0 Å². The highest BCUT2D eigenvalue weighted by atomic mass is 35.5. The largest absolute Gasteiger partial charge is 0.474 e. The monoisotopic (exact) mass is 445 g/mol. The zero-order valence-electron chi connectivity index (χ0n) is 15.0. The van der Waals surface area contributed by atoms with Gasteiger partial charge in [-0.2, -0.15) is 8.78 Å². The molecule has 0 spiro atoms. The third-order valence-electron chi connectivity index (χ3n) is 4.03. The van der Waals surface area contributed by atoms with Crippen LogP contribution in [0.5, 0.6) is 11.5 Å². The number of nitrogens with one attached hydrogen (secondary N) is 2. The van der Waals surface area contributed by atoms with Crippen LogP contribution in [0.1, 0.15) is 30.1 Å². The third kappa shape index (κ3) is 4.51. The molecule has 0 radical (unpaired) electrons. The maximum atomic E-state index is 12.8. The van der Waals surface area contributed by atoms with Gasteiger partial charge in [0.1, 0.15) is 5.69 Å². The van der Waals surface area contributed by atoms with Crippen LogP contribution in [0.15, 0.2) is 24.5 Å². The number of hydrogen-bond acceptors (Lipinski definition) is 5. The number of fused-ring (bicyclic) bond motifs is 1. The zero-order valence-corrected chi connectivity index (χ0v) is 16.5. The van der Waals surface area contributed by atoms with E-state index in [-0.39, 0.29) is 38.5 Å². The number of pyridine rings is 1. The van der Waals surface area contributed by atoms with Crippen molar-refractivity contribution in [3.05, 3.63) is 40.1 Å². The first-order valence-corrected chi connectivity index (χ1v) is 9.27. The van der Waals surface area contributed by atoms with Crippen LogP contribution in [0.3, 0.4) is 0 Å². The Bertz CT molecular complexity index is 939. The number of alkyl halides is 2. The summed E-state index contributed by atoms with van der Waals surface area (Å²) in [6.07, 6.45) is 2.67. The molecule has 29 heavy (non-hydrogen) atoms. The number of ether oxygens (including phenoxy) is 2. The molecule has 0 saturated heterocycles. The van der Waals surface area contributed by atoms with E-state index in [4.69, 9.17) is 27.9 Å². The molecule has 0 fully saturated rings. The Morgan fingerprint density at radius 1 is 1.34 bits per heavy atom. The van der Waals surface area contributed by atoms with Crippen LogP contribution in [0.4, 0.5) is 20.2 Å². The highest BCUT2D eigenvalue weighted by Gasteiger charge is 2.33. The van der Waals surface area contributed by atoms with Gasteiger partial charge >= 0.3 is 6.61 Å². The summed E-state index contributed by atoms with van der Waals surface area (Å²) >= 11 is 12.0. The molecule has 1 aromatic heterocycles. The van der Waals surface area contributed by atoms with Gasteiger partial charge in [-0.15, -0.1) is 0 Å². The first kappa shape index (κ1) is 21.1. The van der Waals surface area contributed by atoms with E-state index in [0.717, 1.165) is 6.07 Å². The first-order valence-electron chi connectivity index (χ1n) is 8.51. The van der Waals surface area contributed by atoms with Gasteiger partial charge < -0.3 is 20.1 Å². The number of carbonyl (C=O) groups excluding carboxylic acids is 2. The molecule has 0 saturated carbocycles. The van der Waals surface area contributed by atoms with Crippen molar-refractivity contribution < 1.29 is 27.8 Å².